The summed E-state index contributed by atoms with van der Waals surface area (Å²) in [4.78, 5) is 8.16. The van der Waals surface area contributed by atoms with Gasteiger partial charge in [-0.1, -0.05) is 12.1 Å². The highest BCUT2D eigenvalue weighted by Crippen LogP contribution is 2.25. The number of benzene rings is 1. The molecule has 4 N–H and O–H groups in total. The lowest BCUT2D eigenvalue weighted by molar-refractivity contribution is 0.479. The molecule has 3 rings (SSSR count). The molecular formula is C13H11N5OS. The van der Waals surface area contributed by atoms with Crippen LogP contribution < -0.4 is 11.2 Å². The summed E-state index contributed by atoms with van der Waals surface area (Å²) in [6.07, 6.45) is 3.15. The number of hydrogen-bond donors (Lipinski definition) is 3. The van der Waals surface area contributed by atoms with Crippen molar-refractivity contribution >= 4 is 39.4 Å². The molecule has 2 aromatic heterocycles. The Morgan fingerprint density at radius 3 is 3.05 bits per heavy atom. The standard InChI is InChI=1S/C13H11N5OS/c14-10-7-20-13(17-10)18-16-6-9-4-3-8-2-1-5-15-11(8)12(9)19/h1-7,19H,14H2,(H,17,18). The van der Waals surface area contributed by atoms with E-state index >= 15 is 0 Å². The van der Waals surface area contributed by atoms with E-state index in [0.29, 0.717) is 22.0 Å². The number of nitrogen functional groups attached to an aromatic ring is 1. The lowest BCUT2D eigenvalue weighted by atomic mass is 10.1. The van der Waals surface area contributed by atoms with Gasteiger partial charge in [0, 0.05) is 22.5 Å². The molecule has 20 heavy (non-hydrogen) atoms. The van der Waals surface area contributed by atoms with Gasteiger partial charge in [-0.25, -0.2) is 4.98 Å². The quantitative estimate of drug-likeness (QED) is 0.507. The topological polar surface area (TPSA) is 96.4 Å². The number of pyridine rings is 1. The van der Waals surface area contributed by atoms with Crippen LogP contribution in [0.25, 0.3) is 10.9 Å². The average molecular weight is 285 g/mol. The van der Waals surface area contributed by atoms with Crippen molar-refractivity contribution < 1.29 is 5.11 Å². The Hall–Kier alpha value is -2.67. The third-order valence-electron chi connectivity index (χ3n) is 2.66. The van der Waals surface area contributed by atoms with Crippen LogP contribution in [0.2, 0.25) is 0 Å². The number of thiazole rings is 1. The molecule has 2 heterocycles. The van der Waals surface area contributed by atoms with Gasteiger partial charge in [-0.2, -0.15) is 5.10 Å². The second-order valence-corrected chi connectivity index (χ2v) is 4.88. The number of rotatable bonds is 3. The zero-order valence-corrected chi connectivity index (χ0v) is 11.1. The second-order valence-electron chi connectivity index (χ2n) is 4.03. The third kappa shape index (κ3) is 2.39. The smallest absolute Gasteiger partial charge is 0.205 e. The molecule has 0 saturated heterocycles. The number of nitrogens with two attached hydrogens (primary N) is 1. The highest BCUT2D eigenvalue weighted by atomic mass is 32.1. The lowest BCUT2D eigenvalue weighted by Crippen LogP contribution is -1.92. The molecule has 6 nitrogen and oxygen atoms in total. The van der Waals surface area contributed by atoms with E-state index in [1.807, 2.05) is 18.2 Å². The van der Waals surface area contributed by atoms with Crippen LogP contribution in [-0.4, -0.2) is 21.3 Å². The Bertz CT molecular complexity index is 783. The van der Waals surface area contributed by atoms with Crippen LogP contribution in [0.15, 0.2) is 40.9 Å². The SMILES string of the molecule is Nc1csc(NN=Cc2ccc3cccnc3c2O)n1. The number of aromatic nitrogens is 2. The van der Waals surface area contributed by atoms with Crippen molar-refractivity contribution in [1.29, 1.82) is 0 Å². The summed E-state index contributed by atoms with van der Waals surface area (Å²) in [5.41, 5.74) is 9.39. The van der Waals surface area contributed by atoms with E-state index < -0.39 is 0 Å². The summed E-state index contributed by atoms with van der Waals surface area (Å²) in [6.45, 7) is 0. The molecule has 7 heteroatoms. The number of phenols is 1. The van der Waals surface area contributed by atoms with Crippen LogP contribution in [-0.2, 0) is 0 Å². The van der Waals surface area contributed by atoms with Gasteiger partial charge in [0.15, 0.2) is 5.75 Å². The van der Waals surface area contributed by atoms with E-state index in [4.69, 9.17) is 5.73 Å². The third-order valence-corrected chi connectivity index (χ3v) is 3.43. The maximum Gasteiger partial charge on any atom is 0.205 e. The van der Waals surface area contributed by atoms with E-state index in [2.05, 4.69) is 20.5 Å². The molecule has 0 spiro atoms. The minimum Gasteiger partial charge on any atom is -0.505 e. The van der Waals surface area contributed by atoms with Crippen LogP contribution in [0.4, 0.5) is 10.9 Å². The maximum absolute atomic E-state index is 10.1. The van der Waals surface area contributed by atoms with E-state index in [1.165, 1.54) is 17.6 Å². The number of hydrogen-bond acceptors (Lipinski definition) is 7. The lowest BCUT2D eigenvalue weighted by Gasteiger charge is -2.02. The Labute approximate surface area is 118 Å². The van der Waals surface area contributed by atoms with Crippen LogP contribution >= 0.6 is 11.3 Å². The summed E-state index contributed by atoms with van der Waals surface area (Å²) < 4.78 is 0. The number of nitrogens with zero attached hydrogens (tertiary/aromatic N) is 3. The van der Waals surface area contributed by atoms with Gasteiger partial charge < -0.3 is 10.8 Å². The van der Waals surface area contributed by atoms with Crippen molar-refractivity contribution in [2.45, 2.75) is 0 Å². The Balaban J connectivity index is 1.85. The zero-order valence-electron chi connectivity index (χ0n) is 10.3. The molecule has 0 saturated carbocycles. The van der Waals surface area contributed by atoms with Crippen molar-refractivity contribution in [2.24, 2.45) is 5.10 Å². The van der Waals surface area contributed by atoms with Crippen LogP contribution in [0.1, 0.15) is 5.56 Å². The Morgan fingerprint density at radius 2 is 2.25 bits per heavy atom. The Morgan fingerprint density at radius 1 is 1.35 bits per heavy atom. The molecule has 1 aromatic carbocycles. The highest BCUT2D eigenvalue weighted by molar-refractivity contribution is 7.14. The van der Waals surface area contributed by atoms with E-state index in [-0.39, 0.29) is 5.75 Å². The molecule has 0 aliphatic carbocycles. The van der Waals surface area contributed by atoms with Gasteiger partial charge in [0.1, 0.15) is 11.3 Å². The van der Waals surface area contributed by atoms with Crippen molar-refractivity contribution in [2.75, 3.05) is 11.2 Å². The van der Waals surface area contributed by atoms with Crippen LogP contribution in [0.3, 0.4) is 0 Å². The van der Waals surface area contributed by atoms with Crippen LogP contribution in [0, 0.1) is 0 Å². The van der Waals surface area contributed by atoms with E-state index in [1.54, 1.807) is 17.6 Å². The summed E-state index contributed by atoms with van der Waals surface area (Å²) in [7, 11) is 0. The fourth-order valence-corrected chi connectivity index (χ4v) is 2.29. The predicted octanol–water partition coefficient (Wildman–Crippen LogP) is 2.43. The Kier molecular flexibility index (Phi) is 3.18. The maximum atomic E-state index is 10.1. The van der Waals surface area contributed by atoms with Gasteiger partial charge in [-0.3, -0.25) is 10.4 Å². The summed E-state index contributed by atoms with van der Waals surface area (Å²) >= 11 is 1.36. The number of phenolic OH excluding ortho intramolecular Hbond substituents is 1. The van der Waals surface area contributed by atoms with Crippen molar-refractivity contribution in [3.8, 4) is 5.75 Å². The summed E-state index contributed by atoms with van der Waals surface area (Å²) in [6, 6.07) is 7.37. The van der Waals surface area contributed by atoms with Crippen molar-refractivity contribution in [3.63, 3.8) is 0 Å². The molecule has 0 aliphatic rings. The minimum atomic E-state index is 0.104. The van der Waals surface area contributed by atoms with E-state index in [0.717, 1.165) is 5.39 Å². The minimum absolute atomic E-state index is 0.104. The zero-order chi connectivity index (χ0) is 13.9. The van der Waals surface area contributed by atoms with Gasteiger partial charge in [0.2, 0.25) is 5.13 Å². The van der Waals surface area contributed by atoms with Gasteiger partial charge >= 0.3 is 0 Å². The number of hydrazone groups is 1. The first kappa shape index (κ1) is 12.4. The summed E-state index contributed by atoms with van der Waals surface area (Å²) in [5, 5.41) is 17.3. The normalized spacial score (nSPS) is 11.2. The van der Waals surface area contributed by atoms with E-state index in [9.17, 15) is 5.11 Å². The highest BCUT2D eigenvalue weighted by Gasteiger charge is 2.05. The summed E-state index contributed by atoms with van der Waals surface area (Å²) in [5.74, 6) is 0.553. The monoisotopic (exact) mass is 285 g/mol. The molecule has 0 bridgehead atoms. The van der Waals surface area contributed by atoms with Crippen LogP contribution in [0.5, 0.6) is 5.75 Å². The molecule has 3 aromatic rings. The first-order chi connectivity index (χ1) is 9.74. The van der Waals surface area contributed by atoms with Gasteiger partial charge in [0.05, 0.1) is 6.21 Å². The molecular weight excluding hydrogens is 274 g/mol. The fourth-order valence-electron chi connectivity index (χ4n) is 1.74. The predicted molar refractivity (Wildman–Crippen MR) is 81.2 cm³/mol. The molecule has 0 unspecified atom stereocenters. The number of fused-ring (bicyclic) bond motifs is 1. The molecule has 0 amide bonds. The van der Waals surface area contributed by atoms with Crippen molar-refractivity contribution in [1.82, 2.24) is 9.97 Å². The number of aromatic hydroxyl groups is 1. The molecule has 0 fully saturated rings. The number of nitrogens with one attached hydrogen (secondary N) is 1. The molecule has 0 atom stereocenters. The first-order valence-electron chi connectivity index (χ1n) is 5.81. The fraction of sp³-hybridized carbons (Fsp3) is 0. The number of anilines is 2. The average Bonchev–Trinajstić information content (AvgIpc) is 2.87. The largest absolute Gasteiger partial charge is 0.505 e. The van der Waals surface area contributed by atoms with Gasteiger partial charge in [-0.15, -0.1) is 11.3 Å². The van der Waals surface area contributed by atoms with Gasteiger partial charge in [0.25, 0.3) is 0 Å². The first-order valence-corrected chi connectivity index (χ1v) is 6.69. The van der Waals surface area contributed by atoms with Crippen molar-refractivity contribution in [3.05, 3.63) is 41.4 Å². The molecule has 100 valence electrons. The van der Waals surface area contributed by atoms with Gasteiger partial charge in [-0.05, 0) is 12.1 Å². The second kappa shape index (κ2) is 5.14. The molecule has 0 aliphatic heterocycles. The molecule has 0 radical (unpaired) electrons.